The van der Waals surface area contributed by atoms with Crippen molar-refractivity contribution in [3.63, 3.8) is 0 Å². The van der Waals surface area contributed by atoms with Crippen LogP contribution in [0.1, 0.15) is 19.4 Å². The van der Waals surface area contributed by atoms with Crippen LogP contribution in [0.2, 0.25) is 0 Å². The summed E-state index contributed by atoms with van der Waals surface area (Å²) in [7, 11) is 1.46. The van der Waals surface area contributed by atoms with Crippen LogP contribution in [0.15, 0.2) is 18.2 Å². The third-order valence-corrected chi connectivity index (χ3v) is 2.82. The number of carboxylic acids is 1. The Labute approximate surface area is 99.3 Å². The quantitative estimate of drug-likeness (QED) is 0.734. The van der Waals surface area contributed by atoms with Crippen LogP contribution in [0.4, 0.5) is 0 Å². The lowest BCUT2D eigenvalue weighted by atomic mass is 9.79. The largest absolute Gasteiger partial charge is 0.508 e. The van der Waals surface area contributed by atoms with Crippen molar-refractivity contribution >= 4 is 5.97 Å². The van der Waals surface area contributed by atoms with Crippen molar-refractivity contribution in [1.29, 1.82) is 0 Å². The number of hydrogen-bond donors (Lipinski definition) is 3. The second kappa shape index (κ2) is 4.63. The van der Waals surface area contributed by atoms with Gasteiger partial charge in [0.05, 0.1) is 7.11 Å². The van der Waals surface area contributed by atoms with E-state index < -0.39 is 17.5 Å². The number of phenols is 1. The van der Waals surface area contributed by atoms with Gasteiger partial charge >= 0.3 is 5.97 Å². The molecule has 0 saturated carbocycles. The topological polar surface area (TPSA) is 87.0 Å². The molecular weight excluding hydrogens is 224 g/mol. The van der Waals surface area contributed by atoms with Crippen LogP contribution in [0.25, 0.3) is 0 Å². The highest BCUT2D eigenvalue weighted by Crippen LogP contribution is 2.36. The van der Waals surface area contributed by atoms with E-state index in [1.807, 2.05) is 0 Å². The van der Waals surface area contributed by atoms with Gasteiger partial charge in [-0.2, -0.15) is 0 Å². The summed E-state index contributed by atoms with van der Waals surface area (Å²) in [6.45, 7) is 3.10. The Balaban J connectivity index is 3.19. The lowest BCUT2D eigenvalue weighted by Crippen LogP contribution is -2.39. The number of methoxy groups -OCH3 is 1. The number of carbonyl (C=O) groups is 1. The van der Waals surface area contributed by atoms with Gasteiger partial charge in [-0.15, -0.1) is 0 Å². The molecule has 1 atom stereocenters. The minimum absolute atomic E-state index is 0.102. The van der Waals surface area contributed by atoms with Gasteiger partial charge in [-0.05, 0) is 6.07 Å². The number of carboxylic acid groups (broad SMARTS) is 1. The summed E-state index contributed by atoms with van der Waals surface area (Å²) < 4.78 is 4.93. The van der Waals surface area contributed by atoms with Crippen LogP contribution in [-0.4, -0.2) is 34.5 Å². The van der Waals surface area contributed by atoms with Crippen LogP contribution in [0.3, 0.4) is 0 Å². The maximum Gasteiger partial charge on any atom is 0.333 e. The van der Waals surface area contributed by atoms with E-state index in [1.165, 1.54) is 13.2 Å². The molecule has 0 aromatic heterocycles. The van der Waals surface area contributed by atoms with E-state index in [0.29, 0.717) is 11.3 Å². The second-order valence-corrected chi connectivity index (χ2v) is 4.35. The van der Waals surface area contributed by atoms with Gasteiger partial charge in [-0.25, -0.2) is 4.79 Å². The standard InChI is InChI=1S/C12H16O5/c1-12(2,10(14)11(15)16)8-5-4-7(17-3)6-9(8)13/h4-6,10,13-14H,1-3H3,(H,15,16). The summed E-state index contributed by atoms with van der Waals surface area (Å²) >= 11 is 0. The molecule has 5 nitrogen and oxygen atoms in total. The highest BCUT2D eigenvalue weighted by molar-refractivity contribution is 5.74. The molecule has 1 aromatic carbocycles. The van der Waals surface area contributed by atoms with Crippen molar-refractivity contribution in [2.45, 2.75) is 25.4 Å². The minimum atomic E-state index is -1.60. The predicted molar refractivity (Wildman–Crippen MR) is 61.3 cm³/mol. The molecule has 0 fully saturated rings. The Hall–Kier alpha value is -1.75. The molecule has 1 unspecified atom stereocenters. The Morgan fingerprint density at radius 1 is 1.41 bits per heavy atom. The van der Waals surface area contributed by atoms with Crippen molar-refractivity contribution in [2.75, 3.05) is 7.11 Å². The van der Waals surface area contributed by atoms with E-state index in [2.05, 4.69) is 0 Å². The summed E-state index contributed by atoms with van der Waals surface area (Å²) in [5.74, 6) is -0.966. The molecule has 0 amide bonds. The number of aliphatic carboxylic acids is 1. The number of aliphatic hydroxyl groups excluding tert-OH is 1. The molecule has 0 aliphatic heterocycles. The Kier molecular flexibility index (Phi) is 3.63. The summed E-state index contributed by atoms with van der Waals surface area (Å²) in [6, 6.07) is 4.53. The van der Waals surface area contributed by atoms with Crippen LogP contribution in [0.5, 0.6) is 11.5 Å². The predicted octanol–water partition coefficient (Wildman–Crippen LogP) is 1.12. The lowest BCUT2D eigenvalue weighted by Gasteiger charge is -2.29. The normalized spacial score (nSPS) is 13.2. The maximum atomic E-state index is 10.8. The van der Waals surface area contributed by atoms with Crippen molar-refractivity contribution in [2.24, 2.45) is 0 Å². The Bertz CT molecular complexity index is 425. The Morgan fingerprint density at radius 2 is 2.00 bits per heavy atom. The first-order valence-electron chi connectivity index (χ1n) is 5.09. The van der Waals surface area contributed by atoms with Crippen molar-refractivity contribution in [1.82, 2.24) is 0 Å². The molecule has 1 rings (SSSR count). The van der Waals surface area contributed by atoms with Crippen LogP contribution in [-0.2, 0) is 10.2 Å². The molecule has 0 heterocycles. The highest BCUT2D eigenvalue weighted by atomic mass is 16.5. The van der Waals surface area contributed by atoms with Crippen molar-refractivity contribution < 1.29 is 24.9 Å². The van der Waals surface area contributed by atoms with Gasteiger partial charge in [-0.3, -0.25) is 0 Å². The summed E-state index contributed by atoms with van der Waals surface area (Å²) in [4.78, 5) is 10.8. The number of aliphatic hydroxyl groups is 1. The molecule has 0 radical (unpaired) electrons. The average Bonchev–Trinajstić information content (AvgIpc) is 2.27. The fourth-order valence-electron chi connectivity index (χ4n) is 1.64. The summed E-state index contributed by atoms with van der Waals surface area (Å²) in [6.07, 6.45) is -1.60. The molecular formula is C12H16O5. The van der Waals surface area contributed by atoms with Crippen molar-refractivity contribution in [3.05, 3.63) is 23.8 Å². The monoisotopic (exact) mass is 240 g/mol. The molecule has 0 aliphatic rings. The number of rotatable bonds is 4. The van der Waals surface area contributed by atoms with Gasteiger partial charge in [0.2, 0.25) is 0 Å². The van der Waals surface area contributed by atoms with Gasteiger partial charge in [0.25, 0.3) is 0 Å². The summed E-state index contributed by atoms with van der Waals surface area (Å²) in [5, 5.41) is 28.2. The van der Waals surface area contributed by atoms with E-state index in [9.17, 15) is 15.0 Å². The van der Waals surface area contributed by atoms with Crippen molar-refractivity contribution in [3.8, 4) is 11.5 Å². The van der Waals surface area contributed by atoms with Crippen LogP contribution in [0, 0.1) is 0 Å². The van der Waals surface area contributed by atoms with E-state index >= 15 is 0 Å². The van der Waals surface area contributed by atoms with E-state index in [4.69, 9.17) is 9.84 Å². The van der Waals surface area contributed by atoms with Gasteiger partial charge in [-0.1, -0.05) is 19.9 Å². The molecule has 0 spiro atoms. The number of benzene rings is 1. The number of hydrogen-bond acceptors (Lipinski definition) is 4. The minimum Gasteiger partial charge on any atom is -0.508 e. The molecule has 0 saturated heterocycles. The zero-order chi connectivity index (χ0) is 13.2. The average molecular weight is 240 g/mol. The zero-order valence-corrected chi connectivity index (χ0v) is 9.97. The SMILES string of the molecule is COc1ccc(C(C)(C)C(O)C(=O)O)c(O)c1. The fourth-order valence-corrected chi connectivity index (χ4v) is 1.64. The second-order valence-electron chi connectivity index (χ2n) is 4.35. The smallest absolute Gasteiger partial charge is 0.333 e. The first-order valence-corrected chi connectivity index (χ1v) is 5.09. The van der Waals surface area contributed by atoms with Crippen LogP contribution < -0.4 is 4.74 Å². The molecule has 0 aliphatic carbocycles. The summed E-state index contributed by atoms with van der Waals surface area (Å²) in [5.41, 5.74) is -0.740. The van der Waals surface area contributed by atoms with Gasteiger partial charge < -0.3 is 20.1 Å². The molecule has 3 N–H and O–H groups in total. The van der Waals surface area contributed by atoms with Gasteiger partial charge in [0, 0.05) is 17.0 Å². The van der Waals surface area contributed by atoms with E-state index in [0.717, 1.165) is 0 Å². The third kappa shape index (κ3) is 2.50. The maximum absolute atomic E-state index is 10.8. The first-order chi connectivity index (χ1) is 7.80. The Morgan fingerprint density at radius 3 is 2.41 bits per heavy atom. The van der Waals surface area contributed by atoms with E-state index in [-0.39, 0.29) is 5.75 Å². The fraction of sp³-hybridized carbons (Fsp3) is 0.417. The molecule has 1 aromatic rings. The molecule has 17 heavy (non-hydrogen) atoms. The third-order valence-electron chi connectivity index (χ3n) is 2.82. The number of aromatic hydroxyl groups is 1. The zero-order valence-electron chi connectivity index (χ0n) is 9.97. The van der Waals surface area contributed by atoms with Crippen LogP contribution >= 0.6 is 0 Å². The highest BCUT2D eigenvalue weighted by Gasteiger charge is 2.37. The van der Waals surface area contributed by atoms with E-state index in [1.54, 1.807) is 26.0 Å². The van der Waals surface area contributed by atoms with Gasteiger partial charge in [0.15, 0.2) is 6.10 Å². The number of ether oxygens (including phenoxy) is 1. The molecule has 94 valence electrons. The molecule has 0 bridgehead atoms. The number of phenolic OH excluding ortho intramolecular Hbond substituents is 1. The van der Waals surface area contributed by atoms with Gasteiger partial charge in [0.1, 0.15) is 11.5 Å². The lowest BCUT2D eigenvalue weighted by molar-refractivity contribution is -0.150. The first kappa shape index (κ1) is 13.3. The molecule has 5 heteroatoms.